The fraction of sp³-hybridized carbons (Fsp3) is 0.941. The number of piperidine rings is 1. The summed E-state index contributed by atoms with van der Waals surface area (Å²) in [5.74, 6) is 0.0215. The normalized spacial score (nSPS) is 34.6. The van der Waals surface area contributed by atoms with E-state index in [1.807, 2.05) is 0 Å². The number of carbonyl (C=O) groups is 1. The quantitative estimate of drug-likeness (QED) is 0.746. The molecule has 0 aromatic rings. The highest BCUT2D eigenvalue weighted by atomic mass is 16.5. The Morgan fingerprint density at radius 1 is 1.05 bits per heavy atom. The van der Waals surface area contributed by atoms with Crippen molar-refractivity contribution in [1.82, 2.24) is 9.80 Å². The third-order valence-electron chi connectivity index (χ3n) is 5.68. The zero-order chi connectivity index (χ0) is 14.7. The average Bonchev–Trinajstić information content (AvgIpc) is 2.72. The van der Waals surface area contributed by atoms with Gasteiger partial charge in [-0.05, 0) is 58.7 Å². The number of fused-ring (bicyclic) bond motifs is 2. The molecule has 0 aliphatic carbocycles. The molecule has 3 aliphatic rings. The van der Waals surface area contributed by atoms with Gasteiger partial charge in [-0.2, -0.15) is 0 Å². The van der Waals surface area contributed by atoms with Crippen LogP contribution in [-0.2, 0) is 9.53 Å². The maximum absolute atomic E-state index is 12.1. The Bertz CT molecular complexity index is 339. The van der Waals surface area contributed by atoms with Crippen LogP contribution in [0.3, 0.4) is 0 Å². The summed E-state index contributed by atoms with van der Waals surface area (Å²) in [6.45, 7) is 3.20. The first-order valence-corrected chi connectivity index (χ1v) is 8.86. The molecule has 0 aromatic heterocycles. The molecule has 3 fully saturated rings. The zero-order valence-electron chi connectivity index (χ0n) is 13.4. The van der Waals surface area contributed by atoms with Crippen LogP contribution in [0.25, 0.3) is 0 Å². The van der Waals surface area contributed by atoms with E-state index < -0.39 is 0 Å². The summed E-state index contributed by atoms with van der Waals surface area (Å²) < 4.78 is 5.75. The van der Waals surface area contributed by atoms with Crippen LogP contribution in [0.4, 0.5) is 0 Å². The third-order valence-corrected chi connectivity index (χ3v) is 5.68. The van der Waals surface area contributed by atoms with Gasteiger partial charge in [-0.25, -0.2) is 0 Å². The highest BCUT2D eigenvalue weighted by Crippen LogP contribution is 2.35. The van der Waals surface area contributed by atoms with Gasteiger partial charge in [-0.3, -0.25) is 4.79 Å². The number of likely N-dealkylation sites (tertiary alicyclic amines) is 1. The maximum atomic E-state index is 12.1. The summed E-state index contributed by atoms with van der Waals surface area (Å²) in [6, 6.07) is 1.29. The number of esters is 1. The minimum absolute atomic E-state index is 0.0215. The number of hydrogen-bond donors (Lipinski definition) is 0. The van der Waals surface area contributed by atoms with Crippen molar-refractivity contribution in [2.24, 2.45) is 0 Å². The molecule has 0 radical (unpaired) electrons. The molecule has 4 heteroatoms. The minimum atomic E-state index is 0.0215. The lowest BCUT2D eigenvalue weighted by molar-refractivity contribution is -0.152. The first-order valence-electron chi connectivity index (χ1n) is 8.86. The second kappa shape index (κ2) is 7.10. The van der Waals surface area contributed by atoms with Crippen LogP contribution >= 0.6 is 0 Å². The Hall–Kier alpha value is -0.610. The van der Waals surface area contributed by atoms with E-state index in [1.165, 1.54) is 38.5 Å². The molecule has 0 aromatic carbocycles. The standard InChI is InChI=1S/C17H30N2O2/c1-18-14-6-7-15(18)13-16(12-14)21-17(20)8-11-19-9-4-2-3-5-10-19/h14-16H,2-13H2,1H3/t14-,15-/m1/s1. The van der Waals surface area contributed by atoms with Gasteiger partial charge in [-0.1, -0.05) is 12.8 Å². The van der Waals surface area contributed by atoms with Gasteiger partial charge in [0, 0.05) is 18.6 Å². The minimum Gasteiger partial charge on any atom is -0.462 e. The summed E-state index contributed by atoms with van der Waals surface area (Å²) in [5.41, 5.74) is 0. The van der Waals surface area contributed by atoms with E-state index in [2.05, 4.69) is 16.8 Å². The van der Waals surface area contributed by atoms with E-state index >= 15 is 0 Å². The van der Waals surface area contributed by atoms with E-state index in [9.17, 15) is 4.79 Å². The number of rotatable bonds is 4. The Morgan fingerprint density at radius 3 is 2.29 bits per heavy atom. The van der Waals surface area contributed by atoms with Gasteiger partial charge in [0.1, 0.15) is 6.10 Å². The number of carbonyl (C=O) groups excluding carboxylic acids is 1. The lowest BCUT2D eigenvalue weighted by atomic mass is 10.0. The van der Waals surface area contributed by atoms with E-state index in [0.717, 1.165) is 32.5 Å². The van der Waals surface area contributed by atoms with Gasteiger partial charge in [0.15, 0.2) is 0 Å². The molecule has 2 atom stereocenters. The first-order chi connectivity index (χ1) is 10.2. The smallest absolute Gasteiger partial charge is 0.307 e. The van der Waals surface area contributed by atoms with Crippen LogP contribution in [0.1, 0.15) is 57.8 Å². The van der Waals surface area contributed by atoms with Crippen molar-refractivity contribution in [3.05, 3.63) is 0 Å². The SMILES string of the molecule is CN1[C@@H]2CC[C@@H]1CC(OC(=O)CCN1CCCCCC1)C2. The molecule has 0 N–H and O–H groups in total. The molecule has 0 saturated carbocycles. The van der Waals surface area contributed by atoms with Crippen LogP contribution in [-0.4, -0.2) is 60.6 Å². The number of nitrogens with zero attached hydrogens (tertiary/aromatic N) is 2. The van der Waals surface area contributed by atoms with Gasteiger partial charge >= 0.3 is 5.97 Å². The molecule has 3 aliphatic heterocycles. The van der Waals surface area contributed by atoms with Crippen molar-refractivity contribution in [1.29, 1.82) is 0 Å². The number of ether oxygens (including phenoxy) is 1. The van der Waals surface area contributed by atoms with E-state index in [0.29, 0.717) is 18.5 Å². The topological polar surface area (TPSA) is 32.8 Å². The second-order valence-electron chi connectivity index (χ2n) is 7.14. The largest absolute Gasteiger partial charge is 0.462 e. The lowest BCUT2D eigenvalue weighted by Gasteiger charge is -2.35. The fourth-order valence-corrected chi connectivity index (χ4v) is 4.31. The summed E-state index contributed by atoms with van der Waals surface area (Å²) in [6.07, 6.45) is 10.7. The first kappa shape index (κ1) is 15.3. The number of hydrogen-bond acceptors (Lipinski definition) is 4. The maximum Gasteiger partial charge on any atom is 0.307 e. The summed E-state index contributed by atoms with van der Waals surface area (Å²) in [7, 11) is 2.22. The Morgan fingerprint density at radius 2 is 1.67 bits per heavy atom. The van der Waals surface area contributed by atoms with Gasteiger partial charge in [0.05, 0.1) is 6.42 Å². The van der Waals surface area contributed by atoms with Crippen molar-refractivity contribution >= 4 is 5.97 Å². The molecule has 2 bridgehead atoms. The fourth-order valence-electron chi connectivity index (χ4n) is 4.31. The zero-order valence-corrected chi connectivity index (χ0v) is 13.4. The van der Waals surface area contributed by atoms with Crippen molar-refractivity contribution < 1.29 is 9.53 Å². The van der Waals surface area contributed by atoms with Crippen molar-refractivity contribution in [3.63, 3.8) is 0 Å². The summed E-state index contributed by atoms with van der Waals surface area (Å²) >= 11 is 0. The Labute approximate surface area is 128 Å². The van der Waals surface area contributed by atoms with Crippen LogP contribution in [0.15, 0.2) is 0 Å². The van der Waals surface area contributed by atoms with E-state index in [1.54, 1.807) is 0 Å². The highest BCUT2D eigenvalue weighted by molar-refractivity contribution is 5.69. The molecule has 3 saturated heterocycles. The molecule has 120 valence electrons. The lowest BCUT2D eigenvalue weighted by Crippen LogP contribution is -2.43. The molecular weight excluding hydrogens is 264 g/mol. The summed E-state index contributed by atoms with van der Waals surface area (Å²) in [5, 5.41) is 0. The van der Waals surface area contributed by atoms with Crippen molar-refractivity contribution in [3.8, 4) is 0 Å². The monoisotopic (exact) mass is 294 g/mol. The van der Waals surface area contributed by atoms with Crippen molar-refractivity contribution in [2.45, 2.75) is 76.0 Å². The average molecular weight is 294 g/mol. The van der Waals surface area contributed by atoms with Gasteiger partial charge < -0.3 is 14.5 Å². The molecule has 0 unspecified atom stereocenters. The predicted octanol–water partition coefficient (Wildman–Crippen LogP) is 2.42. The van der Waals surface area contributed by atoms with Gasteiger partial charge in [-0.15, -0.1) is 0 Å². The molecule has 21 heavy (non-hydrogen) atoms. The highest BCUT2D eigenvalue weighted by Gasteiger charge is 2.39. The molecule has 3 heterocycles. The molecular formula is C17H30N2O2. The Balaban J connectivity index is 1.38. The van der Waals surface area contributed by atoms with Gasteiger partial charge in [0.2, 0.25) is 0 Å². The van der Waals surface area contributed by atoms with Gasteiger partial charge in [0.25, 0.3) is 0 Å². The van der Waals surface area contributed by atoms with Crippen LogP contribution in [0.2, 0.25) is 0 Å². The van der Waals surface area contributed by atoms with Crippen molar-refractivity contribution in [2.75, 3.05) is 26.7 Å². The molecule has 4 nitrogen and oxygen atoms in total. The van der Waals surface area contributed by atoms with Crippen LogP contribution < -0.4 is 0 Å². The van der Waals surface area contributed by atoms with E-state index in [-0.39, 0.29) is 12.1 Å². The molecule has 0 spiro atoms. The third kappa shape index (κ3) is 3.98. The second-order valence-corrected chi connectivity index (χ2v) is 7.14. The molecule has 0 amide bonds. The van der Waals surface area contributed by atoms with Crippen LogP contribution in [0.5, 0.6) is 0 Å². The summed E-state index contributed by atoms with van der Waals surface area (Å²) in [4.78, 5) is 17.0. The predicted molar refractivity (Wildman–Crippen MR) is 83.2 cm³/mol. The van der Waals surface area contributed by atoms with E-state index in [4.69, 9.17) is 4.74 Å². The Kier molecular flexibility index (Phi) is 5.17. The molecule has 3 rings (SSSR count). The van der Waals surface area contributed by atoms with Crippen LogP contribution in [0, 0.1) is 0 Å².